The Morgan fingerprint density at radius 2 is 1.30 bits per heavy atom. The van der Waals surface area contributed by atoms with Gasteiger partial charge in [-0.25, -0.2) is 9.59 Å². The molecule has 0 spiro atoms. The molecule has 1 aliphatic rings. The van der Waals surface area contributed by atoms with Crippen LogP contribution in [0.3, 0.4) is 0 Å². The van der Waals surface area contributed by atoms with Gasteiger partial charge in [0.1, 0.15) is 5.54 Å². The Morgan fingerprint density at radius 1 is 0.815 bits per heavy atom. The van der Waals surface area contributed by atoms with E-state index in [0.717, 1.165) is 25.7 Å². The van der Waals surface area contributed by atoms with Crippen LogP contribution in [0.4, 0.5) is 4.79 Å². The predicted molar refractivity (Wildman–Crippen MR) is 109 cm³/mol. The number of carbonyl (C=O) groups excluding carboxylic acids is 2. The Balaban J connectivity index is 2.01. The van der Waals surface area contributed by atoms with Crippen molar-refractivity contribution in [3.8, 4) is 0 Å². The number of ether oxygens (including phenoxy) is 2. The number of esters is 1. The minimum absolute atomic E-state index is 0.298. The van der Waals surface area contributed by atoms with Gasteiger partial charge in [-0.2, -0.15) is 0 Å². The van der Waals surface area contributed by atoms with Crippen molar-refractivity contribution in [1.29, 1.82) is 0 Å². The molecule has 0 heterocycles. The smallest absolute Gasteiger partial charge is 0.407 e. The summed E-state index contributed by atoms with van der Waals surface area (Å²) in [6, 6.07) is 0. The van der Waals surface area contributed by atoms with Gasteiger partial charge >= 0.3 is 12.1 Å². The number of carbonyl (C=O) groups is 2. The van der Waals surface area contributed by atoms with Gasteiger partial charge in [0.05, 0.1) is 13.7 Å². The summed E-state index contributed by atoms with van der Waals surface area (Å²) < 4.78 is 10.1. The van der Waals surface area contributed by atoms with Crippen LogP contribution >= 0.6 is 0 Å². The minimum atomic E-state index is -0.871. The third-order valence-corrected chi connectivity index (χ3v) is 5.61. The van der Waals surface area contributed by atoms with Crippen LogP contribution in [0.1, 0.15) is 110 Å². The lowest BCUT2D eigenvalue weighted by Crippen LogP contribution is -2.53. The van der Waals surface area contributed by atoms with E-state index in [1.807, 2.05) is 0 Å². The van der Waals surface area contributed by atoms with E-state index in [4.69, 9.17) is 4.74 Å². The molecule has 27 heavy (non-hydrogen) atoms. The van der Waals surface area contributed by atoms with Gasteiger partial charge in [0, 0.05) is 0 Å². The molecule has 0 aromatic carbocycles. The standard InChI is InChI=1S/C22H41NO4/c1-3-4-5-6-7-8-9-10-11-12-13-16-19-27-20(24)22(17-14-15-18-22)23-21(25)26-2/h3-19H2,1-2H3,(H,23,25). The molecular formula is C22H41NO4. The van der Waals surface area contributed by atoms with Crippen LogP contribution in [-0.4, -0.2) is 31.3 Å². The maximum absolute atomic E-state index is 12.4. The first kappa shape index (κ1) is 23.8. The van der Waals surface area contributed by atoms with E-state index >= 15 is 0 Å². The highest BCUT2D eigenvalue weighted by atomic mass is 16.5. The molecular weight excluding hydrogens is 342 g/mol. The Hall–Kier alpha value is -1.26. The number of hydrogen-bond donors (Lipinski definition) is 1. The molecule has 5 nitrogen and oxygen atoms in total. The van der Waals surface area contributed by atoms with E-state index in [-0.39, 0.29) is 5.97 Å². The third kappa shape index (κ3) is 10.0. The number of unbranched alkanes of at least 4 members (excludes halogenated alkanes) is 11. The molecule has 0 aromatic rings. The highest BCUT2D eigenvalue weighted by molar-refractivity contribution is 5.86. The maximum atomic E-state index is 12.4. The van der Waals surface area contributed by atoms with Crippen molar-refractivity contribution >= 4 is 12.1 Å². The maximum Gasteiger partial charge on any atom is 0.407 e. The molecule has 1 amide bonds. The molecule has 1 saturated carbocycles. The van der Waals surface area contributed by atoms with Crippen molar-refractivity contribution in [2.24, 2.45) is 0 Å². The second kappa shape index (κ2) is 14.8. The summed E-state index contributed by atoms with van der Waals surface area (Å²) in [6.45, 7) is 2.70. The Bertz CT molecular complexity index is 405. The van der Waals surface area contributed by atoms with Gasteiger partial charge in [0.2, 0.25) is 0 Å². The summed E-state index contributed by atoms with van der Waals surface area (Å²) in [5.74, 6) is -0.298. The van der Waals surface area contributed by atoms with Gasteiger partial charge in [-0.05, 0) is 19.3 Å². The van der Waals surface area contributed by atoms with E-state index in [2.05, 4.69) is 17.0 Å². The van der Waals surface area contributed by atoms with Crippen LogP contribution < -0.4 is 5.32 Å². The van der Waals surface area contributed by atoms with Crippen molar-refractivity contribution in [2.75, 3.05) is 13.7 Å². The molecule has 5 heteroatoms. The minimum Gasteiger partial charge on any atom is -0.464 e. The van der Waals surface area contributed by atoms with Gasteiger partial charge in [-0.3, -0.25) is 0 Å². The monoisotopic (exact) mass is 383 g/mol. The Kier molecular flexibility index (Phi) is 13.0. The van der Waals surface area contributed by atoms with E-state index < -0.39 is 11.6 Å². The Labute approximate surface area is 165 Å². The van der Waals surface area contributed by atoms with Crippen molar-refractivity contribution < 1.29 is 19.1 Å². The zero-order valence-electron chi connectivity index (χ0n) is 17.7. The summed E-state index contributed by atoms with van der Waals surface area (Å²) >= 11 is 0. The lowest BCUT2D eigenvalue weighted by atomic mass is 9.98. The molecule has 0 aromatic heterocycles. The molecule has 0 bridgehead atoms. The predicted octanol–water partition coefficient (Wildman–Crippen LogP) is 5.90. The van der Waals surface area contributed by atoms with Crippen molar-refractivity contribution in [3.05, 3.63) is 0 Å². The summed E-state index contributed by atoms with van der Waals surface area (Å²) in [6.07, 6.45) is 18.0. The zero-order valence-corrected chi connectivity index (χ0v) is 17.7. The lowest BCUT2D eigenvalue weighted by molar-refractivity contribution is -0.151. The van der Waals surface area contributed by atoms with Crippen LogP contribution in [0, 0.1) is 0 Å². The molecule has 1 fully saturated rings. The molecule has 0 atom stereocenters. The van der Waals surface area contributed by atoms with Gasteiger partial charge in [0.25, 0.3) is 0 Å². The molecule has 158 valence electrons. The highest BCUT2D eigenvalue weighted by Gasteiger charge is 2.44. The van der Waals surface area contributed by atoms with Crippen LogP contribution in [0.2, 0.25) is 0 Å². The Morgan fingerprint density at radius 3 is 1.78 bits per heavy atom. The quantitative estimate of drug-likeness (QED) is 0.282. The SMILES string of the molecule is CCCCCCCCCCCCCCOC(=O)C1(NC(=O)OC)CCCC1. The topological polar surface area (TPSA) is 64.6 Å². The van der Waals surface area contributed by atoms with E-state index in [1.165, 1.54) is 71.3 Å². The number of methoxy groups -OCH3 is 1. The average Bonchev–Trinajstić information content (AvgIpc) is 3.15. The fraction of sp³-hybridized carbons (Fsp3) is 0.909. The van der Waals surface area contributed by atoms with Crippen LogP contribution in [0.25, 0.3) is 0 Å². The average molecular weight is 384 g/mol. The second-order valence-electron chi connectivity index (χ2n) is 7.93. The lowest BCUT2D eigenvalue weighted by Gasteiger charge is -2.27. The summed E-state index contributed by atoms with van der Waals surface area (Å²) in [5, 5.41) is 2.70. The van der Waals surface area contributed by atoms with Crippen molar-refractivity contribution in [3.63, 3.8) is 0 Å². The van der Waals surface area contributed by atoms with Crippen molar-refractivity contribution in [2.45, 2.75) is 115 Å². The first-order chi connectivity index (χ1) is 13.1. The molecule has 1 N–H and O–H groups in total. The number of alkyl carbamates (subject to hydrolysis) is 1. The van der Waals surface area contributed by atoms with Crippen molar-refractivity contribution in [1.82, 2.24) is 5.32 Å². The second-order valence-corrected chi connectivity index (χ2v) is 7.93. The fourth-order valence-electron chi connectivity index (χ4n) is 3.85. The molecule has 0 aliphatic heterocycles. The summed E-state index contributed by atoms with van der Waals surface area (Å²) in [5.41, 5.74) is -0.871. The van der Waals surface area contributed by atoms with Gasteiger partial charge < -0.3 is 14.8 Å². The number of amides is 1. The molecule has 0 saturated heterocycles. The molecule has 1 rings (SSSR count). The molecule has 0 radical (unpaired) electrons. The van der Waals surface area contributed by atoms with Gasteiger partial charge in [-0.1, -0.05) is 90.4 Å². The first-order valence-corrected chi connectivity index (χ1v) is 11.2. The van der Waals surface area contributed by atoms with E-state index in [9.17, 15) is 9.59 Å². The van der Waals surface area contributed by atoms with Crippen LogP contribution in [0.5, 0.6) is 0 Å². The fourth-order valence-corrected chi connectivity index (χ4v) is 3.85. The van der Waals surface area contributed by atoms with E-state index in [1.54, 1.807) is 0 Å². The molecule has 1 aliphatic carbocycles. The highest BCUT2D eigenvalue weighted by Crippen LogP contribution is 2.31. The number of hydrogen-bond acceptors (Lipinski definition) is 4. The van der Waals surface area contributed by atoms with Crippen LogP contribution in [0.15, 0.2) is 0 Å². The van der Waals surface area contributed by atoms with E-state index in [0.29, 0.717) is 19.4 Å². The normalized spacial score (nSPS) is 15.5. The number of rotatable bonds is 15. The van der Waals surface area contributed by atoms with Gasteiger partial charge in [0.15, 0.2) is 0 Å². The largest absolute Gasteiger partial charge is 0.464 e. The third-order valence-electron chi connectivity index (χ3n) is 5.61. The molecule has 0 unspecified atom stereocenters. The van der Waals surface area contributed by atoms with Crippen LogP contribution in [-0.2, 0) is 14.3 Å². The van der Waals surface area contributed by atoms with Gasteiger partial charge in [-0.15, -0.1) is 0 Å². The number of nitrogens with one attached hydrogen (secondary N) is 1. The zero-order chi connectivity index (χ0) is 19.8. The summed E-state index contributed by atoms with van der Waals surface area (Å²) in [4.78, 5) is 24.0. The summed E-state index contributed by atoms with van der Waals surface area (Å²) in [7, 11) is 1.32. The first-order valence-electron chi connectivity index (χ1n) is 11.2.